The number of carbonyl (C=O) groups excluding carboxylic acids is 4. The second-order valence-electron chi connectivity index (χ2n) is 12.7. The number of carbonyl (C=O) groups is 4. The Morgan fingerprint density at radius 3 is 2.42 bits per heavy atom. The topological polar surface area (TPSA) is 163 Å². The van der Waals surface area contributed by atoms with Gasteiger partial charge < -0.3 is 34.3 Å². The molecule has 0 unspecified atom stereocenters. The first-order valence-corrected chi connectivity index (χ1v) is 16.1. The zero-order valence-electron chi connectivity index (χ0n) is 29.6. The van der Waals surface area contributed by atoms with E-state index in [2.05, 4.69) is 20.4 Å². The fourth-order valence-electron chi connectivity index (χ4n) is 4.85. The van der Waals surface area contributed by atoms with Gasteiger partial charge in [-0.25, -0.2) is 23.5 Å². The van der Waals surface area contributed by atoms with Crippen LogP contribution in [0.3, 0.4) is 0 Å². The third-order valence-corrected chi connectivity index (χ3v) is 7.38. The molecule has 2 N–H and O–H groups in total. The number of nitrogens with one attached hydrogen (secondary N) is 2. The summed E-state index contributed by atoms with van der Waals surface area (Å²) in [4.78, 5) is 70.1. The zero-order chi connectivity index (χ0) is 38.2. The lowest BCUT2D eigenvalue weighted by molar-refractivity contribution is -0.123. The molecule has 4 rings (SSSR count). The Morgan fingerprint density at radius 2 is 1.77 bits per heavy atom. The highest BCUT2D eigenvalue weighted by Gasteiger charge is 2.28. The van der Waals surface area contributed by atoms with E-state index in [1.54, 1.807) is 71.3 Å². The first kappa shape index (κ1) is 38.7. The Hall–Kier alpha value is -6.06. The Bertz CT molecular complexity index is 2040. The van der Waals surface area contributed by atoms with Crippen molar-refractivity contribution in [1.29, 1.82) is 0 Å². The molecule has 16 heteroatoms. The molecule has 3 amide bonds. The smallest absolute Gasteiger partial charge is 0.420 e. The lowest BCUT2D eigenvalue weighted by atomic mass is 10.1. The third-order valence-electron chi connectivity index (χ3n) is 7.38. The van der Waals surface area contributed by atoms with Gasteiger partial charge in [-0.05, 0) is 57.4 Å². The monoisotopic (exact) mass is 722 g/mol. The average molecular weight is 723 g/mol. The van der Waals surface area contributed by atoms with Crippen molar-refractivity contribution in [2.24, 2.45) is 0 Å². The summed E-state index contributed by atoms with van der Waals surface area (Å²) < 4.78 is 48.2. The van der Waals surface area contributed by atoms with Crippen LogP contribution in [-0.4, -0.2) is 75.9 Å². The summed E-state index contributed by atoms with van der Waals surface area (Å²) in [6, 6.07) is 11.2. The molecule has 14 nitrogen and oxygen atoms in total. The predicted octanol–water partition coefficient (Wildman–Crippen LogP) is 4.97. The molecule has 0 aliphatic heterocycles. The van der Waals surface area contributed by atoms with E-state index in [0.29, 0.717) is 5.56 Å². The van der Waals surface area contributed by atoms with Gasteiger partial charge in [-0.15, -0.1) is 0 Å². The summed E-state index contributed by atoms with van der Waals surface area (Å²) in [6.45, 7) is 4.32. The summed E-state index contributed by atoms with van der Waals surface area (Å²) in [5, 5.41) is 4.92. The number of rotatable bonds is 12. The number of halogens is 2. The number of pyridine rings is 1. The first-order valence-electron chi connectivity index (χ1n) is 16.1. The average Bonchev–Trinajstić information content (AvgIpc) is 3.44. The van der Waals surface area contributed by atoms with Crippen LogP contribution >= 0.6 is 0 Å². The number of likely N-dealkylation sites (N-methyl/N-ethyl adjacent to an activating group) is 1. The number of nitrogens with zero attached hydrogens (tertiary/aromatic N) is 4. The number of anilines is 1. The fraction of sp³-hybridized carbons (Fsp3) is 0.333. The molecule has 0 saturated carbocycles. The van der Waals surface area contributed by atoms with E-state index in [1.807, 2.05) is 0 Å². The number of aromatic nitrogens is 3. The number of imidazole rings is 1. The van der Waals surface area contributed by atoms with Crippen molar-refractivity contribution >= 4 is 40.7 Å². The quantitative estimate of drug-likeness (QED) is 0.192. The maximum atomic E-state index is 15.2. The molecular formula is C36H40F2N6O8. The van der Waals surface area contributed by atoms with Crippen molar-refractivity contribution in [3.05, 3.63) is 100 Å². The lowest BCUT2D eigenvalue weighted by Crippen LogP contribution is -2.44. The van der Waals surface area contributed by atoms with Crippen LogP contribution in [0.2, 0.25) is 0 Å². The molecule has 2 aromatic carbocycles. The number of alkyl carbamates (subject to hydrolysis) is 1. The maximum absolute atomic E-state index is 15.2. The maximum Gasteiger partial charge on any atom is 0.420 e. The van der Waals surface area contributed by atoms with Crippen LogP contribution in [0.25, 0.3) is 11.0 Å². The van der Waals surface area contributed by atoms with Gasteiger partial charge in [0.05, 0.1) is 19.2 Å². The highest BCUT2D eigenvalue weighted by atomic mass is 19.2. The van der Waals surface area contributed by atoms with Crippen molar-refractivity contribution in [1.82, 2.24) is 24.3 Å². The first-order chi connectivity index (χ1) is 24.6. The Morgan fingerprint density at radius 1 is 1.06 bits per heavy atom. The highest BCUT2D eigenvalue weighted by Crippen LogP contribution is 2.33. The zero-order valence-corrected chi connectivity index (χ0v) is 29.6. The van der Waals surface area contributed by atoms with Gasteiger partial charge in [-0.3, -0.25) is 14.4 Å². The number of allylic oxidation sites excluding steroid dienone is 1. The van der Waals surface area contributed by atoms with E-state index >= 15 is 8.78 Å². The van der Waals surface area contributed by atoms with Gasteiger partial charge in [0.1, 0.15) is 35.3 Å². The molecule has 1 atom stereocenters. The van der Waals surface area contributed by atoms with E-state index in [1.165, 1.54) is 29.3 Å². The largest absolute Gasteiger partial charge is 0.483 e. The lowest BCUT2D eigenvalue weighted by Gasteiger charge is -2.20. The Labute approximate surface area is 298 Å². The molecule has 0 spiro atoms. The summed E-state index contributed by atoms with van der Waals surface area (Å²) in [5.74, 6) is -4.31. The molecule has 4 aromatic rings. The normalized spacial score (nSPS) is 12.0. The van der Waals surface area contributed by atoms with E-state index < -0.39 is 59.2 Å². The molecule has 0 radical (unpaired) electrons. The number of methoxy groups -OCH3 is 1. The third kappa shape index (κ3) is 9.80. The summed E-state index contributed by atoms with van der Waals surface area (Å²) >= 11 is 0. The number of hydrogen-bond acceptors (Lipinski definition) is 9. The van der Waals surface area contributed by atoms with Gasteiger partial charge in [-0.2, -0.15) is 4.39 Å². The van der Waals surface area contributed by atoms with Crippen LogP contribution in [0.4, 0.5) is 24.1 Å². The molecular weight excluding hydrogens is 682 g/mol. The minimum atomic E-state index is -1.32. The predicted molar refractivity (Wildman–Crippen MR) is 187 cm³/mol. The molecule has 276 valence electrons. The molecule has 2 heterocycles. The Balaban J connectivity index is 1.69. The number of ether oxygens (including phenoxy) is 3. The van der Waals surface area contributed by atoms with Gasteiger partial charge in [0.2, 0.25) is 17.6 Å². The van der Waals surface area contributed by atoms with Gasteiger partial charge in [0, 0.05) is 26.4 Å². The second-order valence-corrected chi connectivity index (χ2v) is 12.7. The van der Waals surface area contributed by atoms with Gasteiger partial charge >= 0.3 is 12.2 Å². The van der Waals surface area contributed by atoms with E-state index in [0.717, 1.165) is 22.3 Å². The van der Waals surface area contributed by atoms with Crippen molar-refractivity contribution in [3.8, 4) is 5.75 Å². The molecule has 0 bridgehead atoms. The van der Waals surface area contributed by atoms with Gasteiger partial charge in [-0.1, -0.05) is 36.4 Å². The molecule has 0 fully saturated rings. The number of amides is 3. The van der Waals surface area contributed by atoms with Gasteiger partial charge in [0.25, 0.3) is 5.56 Å². The number of fused-ring (bicyclic) bond motifs is 1. The minimum Gasteiger partial charge on any atom is -0.483 e. The SMILES string of the molecule is COC(=O)N[C@@H](CC/C=C/C(=O)N(C)C)C(=O)Nc1cccn(Cc2nc3c(OCc4ccccc4)c(F)c(F)cc3n2C(=O)OC(C)(C)C)c1=O. The van der Waals surface area contributed by atoms with Crippen LogP contribution in [0.1, 0.15) is 45.0 Å². The second kappa shape index (κ2) is 16.8. The minimum absolute atomic E-state index is 0.0564. The van der Waals surface area contributed by atoms with Crippen LogP contribution in [0, 0.1) is 11.6 Å². The fourth-order valence-corrected chi connectivity index (χ4v) is 4.85. The van der Waals surface area contributed by atoms with Crippen LogP contribution in [0.5, 0.6) is 5.75 Å². The van der Waals surface area contributed by atoms with E-state index in [4.69, 9.17) is 9.47 Å². The Kier molecular flexibility index (Phi) is 12.5. The van der Waals surface area contributed by atoms with Crippen molar-refractivity contribution < 1.29 is 42.2 Å². The van der Waals surface area contributed by atoms with Crippen LogP contribution in [-0.2, 0) is 32.2 Å². The highest BCUT2D eigenvalue weighted by molar-refractivity contribution is 5.96. The number of benzene rings is 2. The van der Waals surface area contributed by atoms with Crippen molar-refractivity contribution in [2.45, 2.75) is 58.4 Å². The van der Waals surface area contributed by atoms with E-state index in [-0.39, 0.29) is 47.9 Å². The van der Waals surface area contributed by atoms with E-state index in [9.17, 15) is 24.0 Å². The van der Waals surface area contributed by atoms with Crippen LogP contribution < -0.4 is 20.9 Å². The van der Waals surface area contributed by atoms with Crippen LogP contribution in [0.15, 0.2) is 71.7 Å². The standard InChI is InChI=1S/C36H40F2N6O8/c1-36(2,3)52-35(49)44-26-19-23(37)29(38)31(51-21-22-13-8-7-9-14-22)30(26)41-27(44)20-43-18-12-16-25(33(43)47)39-32(46)24(40-34(48)50-6)15-10-11-17-28(45)42(4)5/h7-9,11-14,16-19,24H,10,15,20-21H2,1-6H3,(H,39,46)(H,40,48)/b17-11+/t24-/m0/s1. The molecule has 0 saturated heterocycles. The summed E-state index contributed by atoms with van der Waals surface area (Å²) in [7, 11) is 4.29. The molecule has 52 heavy (non-hydrogen) atoms. The van der Waals surface area contributed by atoms with Crippen molar-refractivity contribution in [3.63, 3.8) is 0 Å². The van der Waals surface area contributed by atoms with Crippen molar-refractivity contribution in [2.75, 3.05) is 26.5 Å². The summed E-state index contributed by atoms with van der Waals surface area (Å²) in [6.07, 6.45) is 2.65. The summed E-state index contributed by atoms with van der Waals surface area (Å²) in [5.41, 5.74) is -1.61. The number of hydrogen-bond donors (Lipinski definition) is 2. The molecule has 0 aliphatic carbocycles. The molecule has 0 aliphatic rings. The van der Waals surface area contributed by atoms with Gasteiger partial charge in [0.15, 0.2) is 11.6 Å². The molecule has 2 aromatic heterocycles.